The highest BCUT2D eigenvalue weighted by Crippen LogP contribution is 2.26. The van der Waals surface area contributed by atoms with Gasteiger partial charge in [-0.2, -0.15) is 0 Å². The molecule has 10 heteroatoms. The number of esters is 1. The minimum atomic E-state index is -3.77. The lowest BCUT2D eigenvalue weighted by Gasteiger charge is -2.30. The molecular formula is C19H22N2O6S2. The van der Waals surface area contributed by atoms with Crippen molar-refractivity contribution in [3.8, 4) is 5.75 Å². The van der Waals surface area contributed by atoms with Crippen LogP contribution in [0.2, 0.25) is 0 Å². The predicted octanol–water partition coefficient (Wildman–Crippen LogP) is 2.67. The number of phenols is 1. The van der Waals surface area contributed by atoms with E-state index in [1.165, 1.54) is 18.2 Å². The predicted molar refractivity (Wildman–Crippen MR) is 108 cm³/mol. The lowest BCUT2D eigenvalue weighted by molar-refractivity contribution is -0.136. The van der Waals surface area contributed by atoms with Gasteiger partial charge in [-0.3, -0.25) is 9.52 Å². The highest BCUT2D eigenvalue weighted by Gasteiger charge is 2.23. The number of sulfonamides is 1. The fraction of sp³-hybridized carbons (Fsp3) is 0.368. The van der Waals surface area contributed by atoms with E-state index < -0.39 is 28.3 Å². The Labute approximate surface area is 173 Å². The summed E-state index contributed by atoms with van der Waals surface area (Å²) in [6.07, 6.45) is 1.99. The highest BCUT2D eigenvalue weighted by atomic mass is 32.2. The molecule has 1 fully saturated rings. The number of benzene rings is 1. The number of likely N-dealkylation sites (tertiary alicyclic amines) is 1. The van der Waals surface area contributed by atoms with Crippen molar-refractivity contribution in [2.24, 2.45) is 5.92 Å². The Balaban J connectivity index is 1.61. The van der Waals surface area contributed by atoms with Crippen molar-refractivity contribution in [2.75, 3.05) is 24.4 Å². The molecule has 29 heavy (non-hydrogen) atoms. The summed E-state index contributed by atoms with van der Waals surface area (Å²) in [5.41, 5.74) is -0.0466. The summed E-state index contributed by atoms with van der Waals surface area (Å²) < 4.78 is 32.0. The van der Waals surface area contributed by atoms with Crippen LogP contribution >= 0.6 is 11.3 Å². The summed E-state index contributed by atoms with van der Waals surface area (Å²) >= 11 is 1.06. The van der Waals surface area contributed by atoms with Crippen LogP contribution in [0.3, 0.4) is 0 Å². The number of phenolic OH excluding ortho intramolecular Hbond substituents is 1. The van der Waals surface area contributed by atoms with Gasteiger partial charge in [0, 0.05) is 19.2 Å². The normalized spacial score (nSPS) is 17.0. The number of ether oxygens (including phenoxy) is 1. The summed E-state index contributed by atoms with van der Waals surface area (Å²) in [6.45, 7) is 2.95. The average molecular weight is 439 g/mol. The molecule has 156 valence electrons. The van der Waals surface area contributed by atoms with Crippen LogP contribution in [-0.2, 0) is 19.6 Å². The molecule has 1 aromatic carbocycles. The maximum absolute atomic E-state index is 12.2. The van der Waals surface area contributed by atoms with Gasteiger partial charge in [0.15, 0.2) is 6.61 Å². The zero-order chi connectivity index (χ0) is 21.0. The minimum absolute atomic E-state index is 0.103. The molecule has 0 spiro atoms. The van der Waals surface area contributed by atoms with E-state index in [2.05, 4.69) is 11.6 Å². The second-order valence-electron chi connectivity index (χ2n) is 6.93. The van der Waals surface area contributed by atoms with Gasteiger partial charge in [0.05, 0.1) is 5.69 Å². The fourth-order valence-electron chi connectivity index (χ4n) is 3.10. The number of hydrogen-bond donors (Lipinski definition) is 2. The first-order valence-corrected chi connectivity index (χ1v) is 11.5. The molecule has 2 N–H and O–H groups in total. The molecule has 0 saturated carbocycles. The van der Waals surface area contributed by atoms with E-state index in [1.54, 1.807) is 16.3 Å². The van der Waals surface area contributed by atoms with E-state index >= 15 is 0 Å². The zero-order valence-electron chi connectivity index (χ0n) is 15.8. The highest BCUT2D eigenvalue weighted by molar-refractivity contribution is 7.94. The van der Waals surface area contributed by atoms with Crippen molar-refractivity contribution in [1.82, 2.24) is 4.90 Å². The lowest BCUT2D eigenvalue weighted by atomic mass is 10.0. The summed E-state index contributed by atoms with van der Waals surface area (Å²) in [7, 11) is -3.77. The van der Waals surface area contributed by atoms with Crippen LogP contribution in [0.5, 0.6) is 5.75 Å². The van der Waals surface area contributed by atoms with Gasteiger partial charge in [0.25, 0.3) is 15.9 Å². The third-order valence-corrected chi connectivity index (χ3v) is 7.35. The molecular weight excluding hydrogens is 416 g/mol. The molecule has 1 atom stereocenters. The second kappa shape index (κ2) is 8.83. The number of thiophene rings is 1. The summed E-state index contributed by atoms with van der Waals surface area (Å²) in [6, 6.07) is 6.78. The Morgan fingerprint density at radius 2 is 2.14 bits per heavy atom. The Kier molecular flexibility index (Phi) is 6.43. The molecule has 2 heterocycles. The maximum atomic E-state index is 12.2. The van der Waals surface area contributed by atoms with Crippen LogP contribution in [0.15, 0.2) is 39.9 Å². The SMILES string of the molecule is C[C@@H]1CCCN(C(=O)COC(=O)c2ccc(NS(=O)(=O)c3cccs3)cc2O)C1. The van der Waals surface area contributed by atoms with Gasteiger partial charge in [-0.15, -0.1) is 11.3 Å². The van der Waals surface area contributed by atoms with Crippen LogP contribution in [0, 0.1) is 5.92 Å². The van der Waals surface area contributed by atoms with E-state index in [9.17, 15) is 23.1 Å². The monoisotopic (exact) mass is 438 g/mol. The van der Waals surface area contributed by atoms with Crippen molar-refractivity contribution in [3.63, 3.8) is 0 Å². The first-order valence-electron chi connectivity index (χ1n) is 9.10. The minimum Gasteiger partial charge on any atom is -0.507 e. The van der Waals surface area contributed by atoms with E-state index in [-0.39, 0.29) is 21.4 Å². The number of rotatable bonds is 6. The van der Waals surface area contributed by atoms with Gasteiger partial charge >= 0.3 is 5.97 Å². The van der Waals surface area contributed by atoms with Crippen LogP contribution in [0.1, 0.15) is 30.1 Å². The molecule has 1 saturated heterocycles. The molecule has 1 aliphatic rings. The third kappa shape index (κ3) is 5.27. The van der Waals surface area contributed by atoms with E-state index in [1.807, 2.05) is 0 Å². The first kappa shape index (κ1) is 21.1. The Bertz CT molecular complexity index is 988. The number of amides is 1. The van der Waals surface area contributed by atoms with Gasteiger partial charge in [0.2, 0.25) is 0 Å². The van der Waals surface area contributed by atoms with Gasteiger partial charge < -0.3 is 14.7 Å². The molecule has 1 amide bonds. The number of carbonyl (C=O) groups excluding carboxylic acids is 2. The largest absolute Gasteiger partial charge is 0.507 e. The number of nitrogens with one attached hydrogen (secondary N) is 1. The van der Waals surface area contributed by atoms with Crippen molar-refractivity contribution in [1.29, 1.82) is 0 Å². The van der Waals surface area contributed by atoms with E-state index in [4.69, 9.17) is 4.74 Å². The van der Waals surface area contributed by atoms with Gasteiger partial charge in [0.1, 0.15) is 15.5 Å². The summed E-state index contributed by atoms with van der Waals surface area (Å²) in [4.78, 5) is 26.1. The molecule has 1 aliphatic heterocycles. The topological polar surface area (TPSA) is 113 Å². The number of piperidine rings is 1. The standard InChI is InChI=1S/C19H22N2O6S2/c1-13-4-2-8-21(11-13)17(23)12-27-19(24)15-7-6-14(10-16(15)22)20-29(25,26)18-5-3-9-28-18/h3,5-7,9-10,13,20,22H,2,4,8,11-12H2,1H3/t13-/m1/s1. The molecule has 0 unspecified atom stereocenters. The first-order chi connectivity index (χ1) is 13.8. The number of hydrogen-bond acceptors (Lipinski definition) is 7. The number of aromatic hydroxyl groups is 1. The summed E-state index contributed by atoms with van der Waals surface area (Å²) in [5, 5.41) is 11.7. The van der Waals surface area contributed by atoms with Crippen LogP contribution < -0.4 is 4.72 Å². The molecule has 0 bridgehead atoms. The van der Waals surface area contributed by atoms with Gasteiger partial charge in [-0.05, 0) is 42.3 Å². The van der Waals surface area contributed by atoms with E-state index in [0.29, 0.717) is 19.0 Å². The van der Waals surface area contributed by atoms with Crippen LogP contribution in [0.25, 0.3) is 0 Å². The van der Waals surface area contributed by atoms with Gasteiger partial charge in [-0.25, -0.2) is 13.2 Å². The third-order valence-electron chi connectivity index (χ3n) is 4.57. The smallest absolute Gasteiger partial charge is 0.342 e. The summed E-state index contributed by atoms with van der Waals surface area (Å²) in [5.74, 6) is -1.16. The Morgan fingerprint density at radius 3 is 2.79 bits per heavy atom. The number of anilines is 1. The van der Waals surface area contributed by atoms with Gasteiger partial charge in [-0.1, -0.05) is 13.0 Å². The van der Waals surface area contributed by atoms with Crippen LogP contribution in [0.4, 0.5) is 5.69 Å². The number of nitrogens with zero attached hydrogens (tertiary/aromatic N) is 1. The Morgan fingerprint density at radius 1 is 1.34 bits per heavy atom. The van der Waals surface area contributed by atoms with Crippen molar-refractivity contribution >= 4 is 38.9 Å². The Hall–Kier alpha value is -2.59. The average Bonchev–Trinajstić information content (AvgIpc) is 3.21. The van der Waals surface area contributed by atoms with E-state index in [0.717, 1.165) is 30.2 Å². The molecule has 1 aromatic heterocycles. The number of carbonyl (C=O) groups is 2. The quantitative estimate of drug-likeness (QED) is 0.671. The lowest BCUT2D eigenvalue weighted by Crippen LogP contribution is -2.41. The van der Waals surface area contributed by atoms with Crippen molar-refractivity contribution < 1.29 is 27.9 Å². The fourth-order valence-corrected chi connectivity index (χ4v) is 5.14. The molecule has 0 radical (unpaired) electrons. The molecule has 0 aliphatic carbocycles. The maximum Gasteiger partial charge on any atom is 0.342 e. The zero-order valence-corrected chi connectivity index (χ0v) is 17.5. The van der Waals surface area contributed by atoms with Crippen molar-refractivity contribution in [2.45, 2.75) is 24.0 Å². The molecule has 8 nitrogen and oxygen atoms in total. The second-order valence-corrected chi connectivity index (χ2v) is 9.79. The molecule has 2 aromatic rings. The van der Waals surface area contributed by atoms with Crippen molar-refractivity contribution in [3.05, 3.63) is 41.3 Å². The molecule has 3 rings (SSSR count). The van der Waals surface area contributed by atoms with Crippen LogP contribution in [-0.4, -0.2) is 50.0 Å².